The van der Waals surface area contributed by atoms with E-state index in [0.29, 0.717) is 11.5 Å². The lowest BCUT2D eigenvalue weighted by molar-refractivity contribution is -0.133. The van der Waals surface area contributed by atoms with Crippen LogP contribution in [0.2, 0.25) is 0 Å². The summed E-state index contributed by atoms with van der Waals surface area (Å²) in [6, 6.07) is 14.8. The van der Waals surface area contributed by atoms with Crippen LogP contribution in [-0.2, 0) is 11.2 Å². The molecule has 0 aliphatic rings. The number of esters is 1. The van der Waals surface area contributed by atoms with Gasteiger partial charge >= 0.3 is 5.97 Å². The molecule has 0 atom stereocenters. The summed E-state index contributed by atoms with van der Waals surface area (Å²) < 4.78 is 10.6. The van der Waals surface area contributed by atoms with Crippen molar-refractivity contribution in [1.82, 2.24) is 0 Å². The SMILES string of the molecule is C/C=C/c1ccc(CC(=O)Oc2ccccc2)c(OC)c1. The van der Waals surface area contributed by atoms with Crippen molar-refractivity contribution in [3.8, 4) is 11.5 Å². The molecule has 0 aliphatic heterocycles. The first kappa shape index (κ1) is 14.9. The highest BCUT2D eigenvalue weighted by Gasteiger charge is 2.11. The number of allylic oxidation sites excluding steroid dienone is 1. The summed E-state index contributed by atoms with van der Waals surface area (Å²) in [7, 11) is 1.60. The Morgan fingerprint density at radius 2 is 1.90 bits per heavy atom. The summed E-state index contributed by atoms with van der Waals surface area (Å²) >= 11 is 0. The van der Waals surface area contributed by atoms with Gasteiger partial charge in [0.05, 0.1) is 13.5 Å². The van der Waals surface area contributed by atoms with E-state index in [1.165, 1.54) is 0 Å². The van der Waals surface area contributed by atoms with Gasteiger partial charge in [0.2, 0.25) is 0 Å². The fraction of sp³-hybridized carbons (Fsp3) is 0.167. The standard InChI is InChI=1S/C18H18O3/c1-3-7-14-10-11-15(17(12-14)20-2)13-18(19)21-16-8-5-4-6-9-16/h3-12H,13H2,1-2H3/b7-3+. The Bertz CT molecular complexity index is 630. The number of methoxy groups -OCH3 is 1. The van der Waals surface area contributed by atoms with Crippen molar-refractivity contribution >= 4 is 12.0 Å². The molecule has 0 saturated carbocycles. The number of carbonyl (C=O) groups excluding carboxylic acids is 1. The van der Waals surface area contributed by atoms with Gasteiger partial charge in [-0.2, -0.15) is 0 Å². The minimum atomic E-state index is -0.307. The molecular weight excluding hydrogens is 264 g/mol. The number of benzene rings is 2. The quantitative estimate of drug-likeness (QED) is 0.616. The molecule has 2 aromatic rings. The molecule has 0 bridgehead atoms. The van der Waals surface area contributed by atoms with Crippen molar-refractivity contribution in [2.75, 3.05) is 7.11 Å². The molecular formula is C18H18O3. The molecule has 0 radical (unpaired) electrons. The first-order valence-corrected chi connectivity index (χ1v) is 6.78. The number of hydrogen-bond donors (Lipinski definition) is 0. The minimum absolute atomic E-state index is 0.175. The molecule has 0 spiro atoms. The summed E-state index contributed by atoms with van der Waals surface area (Å²) in [5, 5.41) is 0. The Labute approximate surface area is 124 Å². The normalized spacial score (nSPS) is 10.6. The van der Waals surface area contributed by atoms with Crippen LogP contribution < -0.4 is 9.47 Å². The lowest BCUT2D eigenvalue weighted by Gasteiger charge is -2.09. The van der Waals surface area contributed by atoms with Crippen LogP contribution in [0.3, 0.4) is 0 Å². The van der Waals surface area contributed by atoms with Crippen molar-refractivity contribution in [2.45, 2.75) is 13.3 Å². The van der Waals surface area contributed by atoms with Gasteiger partial charge in [0.1, 0.15) is 11.5 Å². The van der Waals surface area contributed by atoms with Crippen LogP contribution in [0.4, 0.5) is 0 Å². The second-order valence-electron chi connectivity index (χ2n) is 4.54. The second kappa shape index (κ2) is 7.29. The molecule has 0 N–H and O–H groups in total. The van der Waals surface area contributed by atoms with Crippen molar-refractivity contribution in [3.05, 3.63) is 65.7 Å². The predicted octanol–water partition coefficient (Wildman–Crippen LogP) is 3.88. The molecule has 0 saturated heterocycles. The first-order chi connectivity index (χ1) is 10.2. The summed E-state index contributed by atoms with van der Waals surface area (Å²) in [5.74, 6) is 0.931. The zero-order valence-electron chi connectivity index (χ0n) is 12.2. The number of rotatable bonds is 5. The van der Waals surface area contributed by atoms with Crippen molar-refractivity contribution < 1.29 is 14.3 Å². The van der Waals surface area contributed by atoms with Crippen molar-refractivity contribution in [2.24, 2.45) is 0 Å². The molecule has 0 unspecified atom stereocenters. The fourth-order valence-electron chi connectivity index (χ4n) is 2.01. The highest BCUT2D eigenvalue weighted by atomic mass is 16.5. The van der Waals surface area contributed by atoms with E-state index >= 15 is 0 Å². The van der Waals surface area contributed by atoms with Crippen molar-refractivity contribution in [1.29, 1.82) is 0 Å². The van der Waals surface area contributed by atoms with E-state index in [-0.39, 0.29) is 12.4 Å². The zero-order chi connectivity index (χ0) is 15.1. The average Bonchev–Trinajstić information content (AvgIpc) is 2.50. The van der Waals surface area contributed by atoms with E-state index < -0.39 is 0 Å². The largest absolute Gasteiger partial charge is 0.496 e. The molecule has 0 aliphatic carbocycles. The number of carbonyl (C=O) groups is 1. The third-order valence-corrected chi connectivity index (χ3v) is 2.98. The summed E-state index contributed by atoms with van der Waals surface area (Å²) in [6.07, 6.45) is 4.11. The Morgan fingerprint density at radius 1 is 1.14 bits per heavy atom. The molecule has 2 rings (SSSR count). The Kier molecular flexibility index (Phi) is 5.16. The summed E-state index contributed by atoms with van der Waals surface area (Å²) in [5.41, 5.74) is 1.85. The minimum Gasteiger partial charge on any atom is -0.496 e. The third kappa shape index (κ3) is 4.21. The summed E-state index contributed by atoms with van der Waals surface area (Å²) in [4.78, 5) is 12.0. The zero-order valence-corrected chi connectivity index (χ0v) is 12.2. The van der Waals surface area contributed by atoms with E-state index in [1.54, 1.807) is 19.2 Å². The van der Waals surface area contributed by atoms with Gasteiger partial charge in [-0.1, -0.05) is 42.5 Å². The number of para-hydroxylation sites is 1. The van der Waals surface area contributed by atoms with Crippen LogP contribution >= 0.6 is 0 Å². The van der Waals surface area contributed by atoms with Crippen LogP contribution in [0.1, 0.15) is 18.1 Å². The highest BCUT2D eigenvalue weighted by molar-refractivity contribution is 5.76. The molecule has 0 fully saturated rings. The van der Waals surface area contributed by atoms with Gasteiger partial charge in [0, 0.05) is 5.56 Å². The second-order valence-corrected chi connectivity index (χ2v) is 4.54. The van der Waals surface area contributed by atoms with Crippen LogP contribution in [-0.4, -0.2) is 13.1 Å². The number of hydrogen-bond acceptors (Lipinski definition) is 3. The fourth-order valence-corrected chi connectivity index (χ4v) is 2.01. The van der Waals surface area contributed by atoms with E-state index in [1.807, 2.05) is 55.5 Å². The lowest BCUT2D eigenvalue weighted by Crippen LogP contribution is -2.12. The molecule has 0 amide bonds. The topological polar surface area (TPSA) is 35.5 Å². The van der Waals surface area contributed by atoms with Gasteiger partial charge in [-0.25, -0.2) is 0 Å². The average molecular weight is 282 g/mol. The highest BCUT2D eigenvalue weighted by Crippen LogP contribution is 2.22. The Morgan fingerprint density at radius 3 is 2.57 bits per heavy atom. The molecule has 0 aromatic heterocycles. The maximum absolute atomic E-state index is 12.0. The monoisotopic (exact) mass is 282 g/mol. The predicted molar refractivity (Wildman–Crippen MR) is 83.5 cm³/mol. The Hall–Kier alpha value is -2.55. The van der Waals surface area contributed by atoms with E-state index in [9.17, 15) is 4.79 Å². The third-order valence-electron chi connectivity index (χ3n) is 2.98. The maximum atomic E-state index is 12.0. The molecule has 2 aromatic carbocycles. The first-order valence-electron chi connectivity index (χ1n) is 6.78. The smallest absolute Gasteiger partial charge is 0.315 e. The molecule has 3 nitrogen and oxygen atoms in total. The van der Waals surface area contributed by atoms with Crippen LogP contribution in [0.15, 0.2) is 54.6 Å². The van der Waals surface area contributed by atoms with Gasteiger partial charge in [-0.3, -0.25) is 4.79 Å². The molecule has 3 heteroatoms. The van der Waals surface area contributed by atoms with Gasteiger partial charge in [-0.15, -0.1) is 0 Å². The number of ether oxygens (including phenoxy) is 2. The van der Waals surface area contributed by atoms with Gasteiger partial charge in [0.25, 0.3) is 0 Å². The van der Waals surface area contributed by atoms with E-state index in [4.69, 9.17) is 9.47 Å². The molecule has 108 valence electrons. The van der Waals surface area contributed by atoms with E-state index in [2.05, 4.69) is 0 Å². The van der Waals surface area contributed by atoms with Gasteiger partial charge < -0.3 is 9.47 Å². The molecule has 0 heterocycles. The maximum Gasteiger partial charge on any atom is 0.315 e. The Balaban J connectivity index is 2.10. The summed E-state index contributed by atoms with van der Waals surface area (Å²) in [6.45, 7) is 1.96. The van der Waals surface area contributed by atoms with Gasteiger partial charge in [0.15, 0.2) is 0 Å². The van der Waals surface area contributed by atoms with Crippen LogP contribution in [0.5, 0.6) is 11.5 Å². The lowest BCUT2D eigenvalue weighted by atomic mass is 10.1. The van der Waals surface area contributed by atoms with Gasteiger partial charge in [-0.05, 0) is 30.7 Å². The van der Waals surface area contributed by atoms with Crippen molar-refractivity contribution in [3.63, 3.8) is 0 Å². The van der Waals surface area contributed by atoms with E-state index in [0.717, 1.165) is 11.1 Å². The van der Waals surface area contributed by atoms with Crippen LogP contribution in [0.25, 0.3) is 6.08 Å². The van der Waals surface area contributed by atoms with Crippen LogP contribution in [0, 0.1) is 0 Å². The molecule has 21 heavy (non-hydrogen) atoms.